The van der Waals surface area contributed by atoms with Gasteiger partial charge in [-0.25, -0.2) is 4.98 Å². The van der Waals surface area contributed by atoms with Crippen LogP contribution in [-0.4, -0.2) is 9.97 Å². The van der Waals surface area contributed by atoms with Crippen molar-refractivity contribution in [3.63, 3.8) is 0 Å². The third kappa shape index (κ3) is 2.96. The Balaban J connectivity index is 1.87. The van der Waals surface area contributed by atoms with E-state index in [1.54, 1.807) is 18.3 Å². The largest absolute Gasteiger partial charge is 0.322 e. The summed E-state index contributed by atoms with van der Waals surface area (Å²) in [5.74, 6) is 0. The van der Waals surface area contributed by atoms with Gasteiger partial charge in [0.1, 0.15) is 5.03 Å². The monoisotopic (exact) mass is 292 g/mol. The molecule has 4 nitrogen and oxygen atoms in total. The lowest BCUT2D eigenvalue weighted by Gasteiger charge is -2.08. The molecule has 0 fully saturated rings. The highest BCUT2D eigenvalue weighted by molar-refractivity contribution is 8.00. The van der Waals surface area contributed by atoms with Crippen molar-refractivity contribution in [2.24, 2.45) is 0 Å². The molecule has 1 aromatic carbocycles. The van der Waals surface area contributed by atoms with E-state index >= 15 is 0 Å². The second-order valence-corrected chi connectivity index (χ2v) is 5.36. The molecule has 0 amide bonds. The quantitative estimate of drug-likeness (QED) is 0.741. The molecular formula is C16H12N4S. The second kappa shape index (κ2) is 5.81. The van der Waals surface area contributed by atoms with Gasteiger partial charge >= 0.3 is 0 Å². The van der Waals surface area contributed by atoms with Gasteiger partial charge in [0.15, 0.2) is 0 Å². The fourth-order valence-electron chi connectivity index (χ4n) is 2.05. The zero-order valence-corrected chi connectivity index (χ0v) is 12.2. The third-order valence-electron chi connectivity index (χ3n) is 2.96. The van der Waals surface area contributed by atoms with Crippen LogP contribution in [0, 0.1) is 18.3 Å². The Kier molecular flexibility index (Phi) is 3.71. The minimum absolute atomic E-state index is 0.614. The Bertz CT molecular complexity index is 834. The van der Waals surface area contributed by atoms with Crippen molar-refractivity contribution >= 4 is 28.5 Å². The Morgan fingerprint density at radius 1 is 1.19 bits per heavy atom. The number of anilines is 1. The number of hydrogen-bond acceptors (Lipinski definition) is 5. The van der Waals surface area contributed by atoms with Crippen molar-refractivity contribution in [3.8, 4) is 6.07 Å². The normalized spacial score (nSPS) is 10.3. The second-order valence-electron chi connectivity index (χ2n) is 4.53. The number of pyridine rings is 2. The molecule has 5 heteroatoms. The maximum Gasteiger partial charge on any atom is 0.118 e. The Morgan fingerprint density at radius 2 is 2.05 bits per heavy atom. The van der Waals surface area contributed by atoms with Gasteiger partial charge in [-0.2, -0.15) is 5.26 Å². The molecule has 0 spiro atoms. The van der Waals surface area contributed by atoms with Crippen LogP contribution in [0.1, 0.15) is 11.3 Å². The number of aromatic nitrogens is 2. The fourth-order valence-corrected chi connectivity index (χ4v) is 2.80. The molecule has 0 aliphatic carbocycles. The van der Waals surface area contributed by atoms with Gasteiger partial charge in [0, 0.05) is 29.2 Å². The Hall–Kier alpha value is -2.58. The smallest absolute Gasteiger partial charge is 0.118 e. The van der Waals surface area contributed by atoms with Crippen LogP contribution >= 0.6 is 11.9 Å². The molecule has 0 atom stereocenters. The van der Waals surface area contributed by atoms with Crippen LogP contribution in [-0.2, 0) is 0 Å². The number of aryl methyl sites for hydroxylation is 1. The number of rotatable bonds is 3. The number of nitrogens with zero attached hydrogens (tertiary/aromatic N) is 3. The standard InChI is InChI=1S/C16H12N4S/c1-11-8-12(10-17)9-15(19-11)21-20-14-6-2-4-13-5-3-7-18-16(13)14/h2-9,20H,1H3. The van der Waals surface area contributed by atoms with Gasteiger partial charge in [-0.1, -0.05) is 18.2 Å². The first kappa shape index (κ1) is 13.4. The third-order valence-corrected chi connectivity index (χ3v) is 3.70. The summed E-state index contributed by atoms with van der Waals surface area (Å²) in [7, 11) is 0. The van der Waals surface area contributed by atoms with E-state index in [1.807, 2.05) is 37.3 Å². The van der Waals surface area contributed by atoms with Crippen LogP contribution in [0.3, 0.4) is 0 Å². The highest BCUT2D eigenvalue weighted by Crippen LogP contribution is 2.26. The van der Waals surface area contributed by atoms with Gasteiger partial charge < -0.3 is 4.72 Å². The molecular weight excluding hydrogens is 280 g/mol. The summed E-state index contributed by atoms with van der Waals surface area (Å²) in [4.78, 5) is 8.80. The van der Waals surface area contributed by atoms with Gasteiger partial charge in [-0.3, -0.25) is 4.98 Å². The number of nitriles is 1. The van der Waals surface area contributed by atoms with E-state index in [9.17, 15) is 0 Å². The average Bonchev–Trinajstić information content (AvgIpc) is 2.52. The molecule has 0 saturated carbocycles. The molecule has 0 aliphatic rings. The maximum absolute atomic E-state index is 9.00. The van der Waals surface area contributed by atoms with Crippen molar-refractivity contribution < 1.29 is 0 Å². The molecule has 21 heavy (non-hydrogen) atoms. The number of fused-ring (bicyclic) bond motifs is 1. The number of hydrogen-bond donors (Lipinski definition) is 1. The van der Waals surface area contributed by atoms with E-state index in [-0.39, 0.29) is 0 Å². The van der Waals surface area contributed by atoms with Crippen molar-refractivity contribution in [3.05, 3.63) is 59.9 Å². The van der Waals surface area contributed by atoms with E-state index in [1.165, 1.54) is 11.9 Å². The average molecular weight is 292 g/mol. The summed E-state index contributed by atoms with van der Waals surface area (Å²) in [6.07, 6.45) is 1.77. The van der Waals surface area contributed by atoms with Gasteiger partial charge in [0.2, 0.25) is 0 Å². The van der Waals surface area contributed by atoms with Crippen LogP contribution in [0.4, 0.5) is 5.69 Å². The molecule has 3 rings (SSSR count). The Morgan fingerprint density at radius 3 is 2.90 bits per heavy atom. The molecule has 0 aliphatic heterocycles. The first-order chi connectivity index (χ1) is 10.3. The lowest BCUT2D eigenvalue weighted by molar-refractivity contribution is 1.06. The van der Waals surface area contributed by atoms with Crippen LogP contribution in [0.2, 0.25) is 0 Å². The highest BCUT2D eigenvalue weighted by Gasteiger charge is 2.04. The molecule has 2 aromatic heterocycles. The minimum atomic E-state index is 0.614. The molecule has 0 radical (unpaired) electrons. The first-order valence-electron chi connectivity index (χ1n) is 6.41. The zero-order chi connectivity index (χ0) is 14.7. The van der Waals surface area contributed by atoms with E-state index < -0.39 is 0 Å². The lowest BCUT2D eigenvalue weighted by Crippen LogP contribution is -1.93. The number of para-hydroxylation sites is 1. The predicted molar refractivity (Wildman–Crippen MR) is 84.9 cm³/mol. The SMILES string of the molecule is Cc1cc(C#N)cc(SNc2cccc3cccnc23)n1. The van der Waals surface area contributed by atoms with Crippen molar-refractivity contribution in [2.75, 3.05) is 4.72 Å². The number of nitrogens with one attached hydrogen (secondary N) is 1. The summed E-state index contributed by atoms with van der Waals surface area (Å²) in [6.45, 7) is 1.88. The van der Waals surface area contributed by atoms with Crippen LogP contribution in [0.15, 0.2) is 53.7 Å². The van der Waals surface area contributed by atoms with Crippen LogP contribution < -0.4 is 4.72 Å². The van der Waals surface area contributed by atoms with Gasteiger partial charge in [-0.15, -0.1) is 0 Å². The van der Waals surface area contributed by atoms with E-state index in [4.69, 9.17) is 5.26 Å². The summed E-state index contributed by atoms with van der Waals surface area (Å²) in [5.41, 5.74) is 3.29. The fraction of sp³-hybridized carbons (Fsp3) is 0.0625. The van der Waals surface area contributed by atoms with E-state index in [0.29, 0.717) is 5.56 Å². The number of benzene rings is 1. The maximum atomic E-state index is 9.00. The zero-order valence-electron chi connectivity index (χ0n) is 11.4. The van der Waals surface area contributed by atoms with Crippen LogP contribution in [0.25, 0.3) is 10.9 Å². The minimum Gasteiger partial charge on any atom is -0.322 e. The van der Waals surface area contributed by atoms with E-state index in [0.717, 1.165) is 27.3 Å². The molecule has 0 bridgehead atoms. The predicted octanol–water partition coefficient (Wildman–Crippen LogP) is 3.93. The van der Waals surface area contributed by atoms with Crippen LogP contribution in [0.5, 0.6) is 0 Å². The molecule has 0 saturated heterocycles. The molecule has 102 valence electrons. The Labute approximate surface area is 127 Å². The van der Waals surface area contributed by atoms with E-state index in [2.05, 4.69) is 20.8 Å². The molecule has 1 N–H and O–H groups in total. The molecule has 3 aromatic rings. The summed E-state index contributed by atoms with van der Waals surface area (Å²) in [5, 5.41) is 10.8. The van der Waals surface area contributed by atoms with Gasteiger partial charge in [-0.05, 0) is 31.2 Å². The summed E-state index contributed by atoms with van der Waals surface area (Å²) < 4.78 is 3.26. The molecule has 2 heterocycles. The molecule has 0 unspecified atom stereocenters. The van der Waals surface area contributed by atoms with Crippen molar-refractivity contribution in [1.29, 1.82) is 5.26 Å². The highest BCUT2D eigenvalue weighted by atomic mass is 32.2. The topological polar surface area (TPSA) is 61.6 Å². The van der Waals surface area contributed by atoms with Gasteiger partial charge in [0.25, 0.3) is 0 Å². The van der Waals surface area contributed by atoms with Crippen molar-refractivity contribution in [1.82, 2.24) is 9.97 Å². The summed E-state index contributed by atoms with van der Waals surface area (Å²) in [6, 6.07) is 15.6. The van der Waals surface area contributed by atoms with Gasteiger partial charge in [0.05, 0.1) is 22.8 Å². The first-order valence-corrected chi connectivity index (χ1v) is 7.23. The lowest BCUT2D eigenvalue weighted by atomic mass is 10.2. The van der Waals surface area contributed by atoms with Crippen molar-refractivity contribution in [2.45, 2.75) is 11.9 Å². The summed E-state index contributed by atoms with van der Waals surface area (Å²) >= 11 is 1.38.